The Labute approximate surface area is 115 Å². The molecule has 1 saturated carbocycles. The molecule has 2 atom stereocenters. The number of phenolic OH excluding ortho intramolecular Hbond substituents is 1. The van der Waals surface area contributed by atoms with Crippen LogP contribution in [0.4, 0.5) is 10.1 Å². The Morgan fingerprint density at radius 1 is 1.21 bits per heavy atom. The van der Waals surface area contributed by atoms with Crippen molar-refractivity contribution in [1.29, 1.82) is 0 Å². The Morgan fingerprint density at radius 3 is 2.53 bits per heavy atom. The molecule has 106 valence electrons. The first-order chi connectivity index (χ1) is 8.88. The molecule has 2 rings (SSSR count). The Bertz CT molecular complexity index is 439. The van der Waals surface area contributed by atoms with Crippen LogP contribution in [0.15, 0.2) is 18.2 Å². The SMILES string of the molecule is CC(C)(C)C1CCCCC1Nc1ccc(O)c(F)c1. The number of hydrogen-bond acceptors (Lipinski definition) is 2. The zero-order chi connectivity index (χ0) is 14.0. The molecule has 0 aromatic heterocycles. The number of aromatic hydroxyl groups is 1. The van der Waals surface area contributed by atoms with Gasteiger partial charge in [-0.05, 0) is 36.3 Å². The highest BCUT2D eigenvalue weighted by molar-refractivity contribution is 5.47. The van der Waals surface area contributed by atoms with Gasteiger partial charge in [0.15, 0.2) is 11.6 Å². The van der Waals surface area contributed by atoms with Crippen molar-refractivity contribution in [2.75, 3.05) is 5.32 Å². The molecule has 0 bridgehead atoms. The first-order valence-electron chi connectivity index (χ1n) is 7.13. The minimum Gasteiger partial charge on any atom is -0.505 e. The number of nitrogens with one attached hydrogen (secondary N) is 1. The number of halogens is 1. The molecule has 0 spiro atoms. The Balaban J connectivity index is 2.13. The van der Waals surface area contributed by atoms with E-state index in [1.165, 1.54) is 31.4 Å². The van der Waals surface area contributed by atoms with Gasteiger partial charge in [0.25, 0.3) is 0 Å². The van der Waals surface area contributed by atoms with Crippen molar-refractivity contribution in [2.45, 2.75) is 52.5 Å². The Hall–Kier alpha value is -1.25. The summed E-state index contributed by atoms with van der Waals surface area (Å²) in [6.07, 6.45) is 4.86. The lowest BCUT2D eigenvalue weighted by atomic mass is 9.69. The molecule has 0 radical (unpaired) electrons. The average molecular weight is 265 g/mol. The highest BCUT2D eigenvalue weighted by atomic mass is 19.1. The standard InChI is InChI=1S/C16H24FNO/c1-16(2,3)12-6-4-5-7-14(12)18-11-8-9-15(19)13(17)10-11/h8-10,12,14,18-19H,4-7H2,1-3H3. The van der Waals surface area contributed by atoms with Crippen LogP contribution in [-0.2, 0) is 0 Å². The predicted molar refractivity (Wildman–Crippen MR) is 76.9 cm³/mol. The topological polar surface area (TPSA) is 32.3 Å². The molecule has 1 aliphatic carbocycles. The van der Waals surface area contributed by atoms with Crippen LogP contribution in [0.2, 0.25) is 0 Å². The quantitative estimate of drug-likeness (QED) is 0.769. The van der Waals surface area contributed by atoms with Crippen LogP contribution in [0.3, 0.4) is 0 Å². The summed E-state index contributed by atoms with van der Waals surface area (Å²) in [5, 5.41) is 12.7. The largest absolute Gasteiger partial charge is 0.505 e. The molecular formula is C16H24FNO. The number of rotatable bonds is 2. The zero-order valence-electron chi connectivity index (χ0n) is 12.0. The fraction of sp³-hybridized carbons (Fsp3) is 0.625. The molecule has 2 nitrogen and oxygen atoms in total. The van der Waals surface area contributed by atoms with Gasteiger partial charge in [-0.2, -0.15) is 0 Å². The zero-order valence-corrected chi connectivity index (χ0v) is 12.0. The van der Waals surface area contributed by atoms with E-state index in [-0.39, 0.29) is 11.2 Å². The van der Waals surface area contributed by atoms with Gasteiger partial charge in [0.2, 0.25) is 0 Å². The van der Waals surface area contributed by atoms with Gasteiger partial charge in [-0.3, -0.25) is 0 Å². The van der Waals surface area contributed by atoms with Crippen molar-refractivity contribution < 1.29 is 9.50 Å². The minimum atomic E-state index is -0.562. The molecular weight excluding hydrogens is 241 g/mol. The van der Waals surface area contributed by atoms with Crippen LogP contribution in [0.25, 0.3) is 0 Å². The van der Waals surface area contributed by atoms with Crippen molar-refractivity contribution in [3.8, 4) is 5.75 Å². The van der Waals surface area contributed by atoms with Crippen LogP contribution in [0, 0.1) is 17.2 Å². The van der Waals surface area contributed by atoms with Gasteiger partial charge in [0, 0.05) is 17.8 Å². The maximum absolute atomic E-state index is 13.4. The summed E-state index contributed by atoms with van der Waals surface area (Å²) in [4.78, 5) is 0. The fourth-order valence-electron chi connectivity index (χ4n) is 3.15. The first kappa shape index (κ1) is 14.2. The van der Waals surface area contributed by atoms with Crippen molar-refractivity contribution in [3.63, 3.8) is 0 Å². The summed E-state index contributed by atoms with van der Waals surface area (Å²) in [6.45, 7) is 6.82. The van der Waals surface area contributed by atoms with Crippen LogP contribution < -0.4 is 5.32 Å². The first-order valence-corrected chi connectivity index (χ1v) is 7.13. The molecule has 1 fully saturated rings. The van der Waals surface area contributed by atoms with Gasteiger partial charge < -0.3 is 10.4 Å². The second-order valence-corrected chi connectivity index (χ2v) is 6.67. The summed E-state index contributed by atoms with van der Waals surface area (Å²) in [7, 11) is 0. The van der Waals surface area contributed by atoms with Gasteiger partial charge in [-0.1, -0.05) is 33.6 Å². The van der Waals surface area contributed by atoms with Gasteiger partial charge in [-0.15, -0.1) is 0 Å². The lowest BCUT2D eigenvalue weighted by molar-refractivity contribution is 0.163. The van der Waals surface area contributed by atoms with E-state index >= 15 is 0 Å². The van der Waals surface area contributed by atoms with Gasteiger partial charge >= 0.3 is 0 Å². The van der Waals surface area contributed by atoms with Crippen LogP contribution in [0.5, 0.6) is 5.75 Å². The summed E-state index contributed by atoms with van der Waals surface area (Å²) in [5.74, 6) is -0.257. The molecule has 0 aliphatic heterocycles. The lowest BCUT2D eigenvalue weighted by Crippen LogP contribution is -2.39. The molecule has 1 aliphatic rings. The molecule has 0 saturated heterocycles. The van der Waals surface area contributed by atoms with E-state index in [1.54, 1.807) is 6.07 Å². The molecule has 1 aromatic rings. The van der Waals surface area contributed by atoms with Crippen LogP contribution in [0.1, 0.15) is 46.5 Å². The molecule has 2 N–H and O–H groups in total. The fourth-order valence-corrected chi connectivity index (χ4v) is 3.15. The van der Waals surface area contributed by atoms with Crippen LogP contribution in [-0.4, -0.2) is 11.1 Å². The number of phenols is 1. The second-order valence-electron chi connectivity index (χ2n) is 6.67. The Kier molecular flexibility index (Phi) is 4.02. The van der Waals surface area contributed by atoms with E-state index in [1.807, 2.05) is 0 Å². The average Bonchev–Trinajstić information content (AvgIpc) is 2.33. The van der Waals surface area contributed by atoms with Gasteiger partial charge in [-0.25, -0.2) is 4.39 Å². The predicted octanol–water partition coefficient (Wildman–Crippen LogP) is 4.55. The molecule has 1 aromatic carbocycles. The molecule has 3 heteroatoms. The third-order valence-corrected chi connectivity index (χ3v) is 4.18. The molecule has 0 amide bonds. The third kappa shape index (κ3) is 3.40. The third-order valence-electron chi connectivity index (χ3n) is 4.18. The number of hydrogen-bond donors (Lipinski definition) is 2. The normalized spacial score (nSPS) is 24.2. The maximum Gasteiger partial charge on any atom is 0.166 e. The molecule has 19 heavy (non-hydrogen) atoms. The summed E-state index contributed by atoms with van der Waals surface area (Å²) in [5.41, 5.74) is 1.02. The summed E-state index contributed by atoms with van der Waals surface area (Å²) in [6, 6.07) is 4.92. The molecule has 0 heterocycles. The summed E-state index contributed by atoms with van der Waals surface area (Å²) < 4.78 is 13.4. The van der Waals surface area contributed by atoms with Gasteiger partial charge in [0.05, 0.1) is 0 Å². The van der Waals surface area contributed by atoms with Crippen molar-refractivity contribution in [2.24, 2.45) is 11.3 Å². The van der Waals surface area contributed by atoms with Crippen LogP contribution >= 0.6 is 0 Å². The monoisotopic (exact) mass is 265 g/mol. The van der Waals surface area contributed by atoms with E-state index in [0.29, 0.717) is 12.0 Å². The van der Waals surface area contributed by atoms with Gasteiger partial charge in [0.1, 0.15) is 0 Å². The highest BCUT2D eigenvalue weighted by Crippen LogP contribution is 2.39. The van der Waals surface area contributed by atoms with E-state index in [0.717, 1.165) is 12.1 Å². The minimum absolute atomic E-state index is 0.257. The van der Waals surface area contributed by atoms with E-state index < -0.39 is 5.82 Å². The van der Waals surface area contributed by atoms with Crippen molar-refractivity contribution in [1.82, 2.24) is 0 Å². The maximum atomic E-state index is 13.4. The van der Waals surface area contributed by atoms with E-state index in [4.69, 9.17) is 0 Å². The smallest absolute Gasteiger partial charge is 0.166 e. The number of benzene rings is 1. The summed E-state index contributed by atoms with van der Waals surface area (Å²) >= 11 is 0. The second kappa shape index (κ2) is 5.40. The van der Waals surface area contributed by atoms with Crippen molar-refractivity contribution >= 4 is 5.69 Å². The lowest BCUT2D eigenvalue weighted by Gasteiger charge is -2.41. The van der Waals surface area contributed by atoms with Crippen molar-refractivity contribution in [3.05, 3.63) is 24.0 Å². The Morgan fingerprint density at radius 2 is 1.89 bits per heavy atom. The molecule has 2 unspecified atom stereocenters. The van der Waals surface area contributed by atoms with E-state index in [9.17, 15) is 9.50 Å². The van der Waals surface area contributed by atoms with E-state index in [2.05, 4.69) is 26.1 Å². The highest BCUT2D eigenvalue weighted by Gasteiger charge is 2.34. The number of anilines is 1.